The van der Waals surface area contributed by atoms with Crippen LogP contribution in [0.3, 0.4) is 0 Å². The molecule has 4 N–H and O–H groups in total. The number of benzene rings is 1. The van der Waals surface area contributed by atoms with E-state index in [9.17, 15) is 0 Å². The first kappa shape index (κ1) is 11.6. The van der Waals surface area contributed by atoms with Crippen molar-refractivity contribution >= 4 is 34.5 Å². The summed E-state index contributed by atoms with van der Waals surface area (Å²) in [6, 6.07) is 7.27. The van der Waals surface area contributed by atoms with Gasteiger partial charge in [-0.05, 0) is 12.1 Å². The topological polar surface area (TPSA) is 104 Å². The predicted molar refractivity (Wildman–Crippen MR) is 74.4 cm³/mol. The number of rotatable bonds is 1. The first-order valence-electron chi connectivity index (χ1n) is 5.45. The number of fused-ring (bicyclic) bond motifs is 1. The van der Waals surface area contributed by atoms with Gasteiger partial charge in [-0.3, -0.25) is 0 Å². The molecule has 0 saturated heterocycles. The summed E-state index contributed by atoms with van der Waals surface area (Å²) in [6.07, 6.45) is 1.61. The molecule has 0 radical (unpaired) electrons. The molecule has 3 rings (SSSR count). The Morgan fingerprint density at radius 3 is 2.42 bits per heavy atom. The summed E-state index contributed by atoms with van der Waals surface area (Å²) in [4.78, 5) is 16.5. The van der Waals surface area contributed by atoms with E-state index in [1.54, 1.807) is 18.3 Å². The molecule has 2 heterocycles. The van der Waals surface area contributed by atoms with E-state index in [0.717, 1.165) is 5.56 Å². The number of halogens is 1. The lowest BCUT2D eigenvalue weighted by Crippen LogP contribution is -2.03. The van der Waals surface area contributed by atoms with Crippen molar-refractivity contribution in [2.45, 2.75) is 0 Å². The molecular weight excluding hydrogens is 264 g/mol. The lowest BCUT2D eigenvalue weighted by Gasteiger charge is -2.04. The quantitative estimate of drug-likeness (QED) is 0.701. The summed E-state index contributed by atoms with van der Waals surface area (Å²) in [5, 5.41) is 0.660. The van der Waals surface area contributed by atoms with Crippen LogP contribution >= 0.6 is 11.6 Å². The van der Waals surface area contributed by atoms with Crippen LogP contribution in [0.2, 0.25) is 5.02 Å². The van der Waals surface area contributed by atoms with Crippen LogP contribution in [-0.4, -0.2) is 19.9 Å². The van der Waals surface area contributed by atoms with Crippen LogP contribution in [0.15, 0.2) is 30.5 Å². The van der Waals surface area contributed by atoms with Gasteiger partial charge in [0.15, 0.2) is 11.5 Å². The number of aromatic nitrogens is 4. The molecule has 3 aromatic rings. The Kier molecular flexibility index (Phi) is 2.64. The zero-order valence-electron chi connectivity index (χ0n) is 9.71. The molecule has 94 valence electrons. The fourth-order valence-corrected chi connectivity index (χ4v) is 1.83. The maximum atomic E-state index is 5.85. The third kappa shape index (κ3) is 2.13. The monoisotopic (exact) mass is 272 g/mol. The molecule has 0 unspecified atom stereocenters. The highest BCUT2D eigenvalue weighted by Gasteiger charge is 2.08. The summed E-state index contributed by atoms with van der Waals surface area (Å²) in [5.41, 5.74) is 13.6. The highest BCUT2D eigenvalue weighted by atomic mass is 35.5. The van der Waals surface area contributed by atoms with Crippen LogP contribution in [0.1, 0.15) is 0 Å². The molecule has 0 fully saturated rings. The van der Waals surface area contributed by atoms with Gasteiger partial charge in [-0.15, -0.1) is 0 Å². The van der Waals surface area contributed by atoms with Crippen LogP contribution in [0.25, 0.3) is 22.4 Å². The van der Waals surface area contributed by atoms with E-state index in [1.807, 2.05) is 12.1 Å². The van der Waals surface area contributed by atoms with E-state index < -0.39 is 0 Å². The van der Waals surface area contributed by atoms with E-state index in [2.05, 4.69) is 19.9 Å². The number of hydrogen-bond acceptors (Lipinski definition) is 6. The van der Waals surface area contributed by atoms with E-state index in [4.69, 9.17) is 23.1 Å². The van der Waals surface area contributed by atoms with Crippen molar-refractivity contribution in [3.63, 3.8) is 0 Å². The Morgan fingerprint density at radius 2 is 1.68 bits per heavy atom. The maximum absolute atomic E-state index is 5.85. The molecule has 0 bridgehead atoms. The highest BCUT2D eigenvalue weighted by molar-refractivity contribution is 6.30. The van der Waals surface area contributed by atoms with E-state index in [-0.39, 0.29) is 11.8 Å². The van der Waals surface area contributed by atoms with Crippen LogP contribution in [0.5, 0.6) is 0 Å². The SMILES string of the molecule is Nc1nc(N)c2ncc(-c3ccc(Cl)cc3)nc2n1. The molecule has 1 aromatic carbocycles. The number of hydrogen-bond donors (Lipinski definition) is 2. The molecule has 7 heteroatoms. The van der Waals surface area contributed by atoms with Gasteiger partial charge in [-0.2, -0.15) is 9.97 Å². The lowest BCUT2D eigenvalue weighted by molar-refractivity contribution is 1.17. The fourth-order valence-electron chi connectivity index (χ4n) is 1.71. The summed E-state index contributed by atoms with van der Waals surface area (Å²) < 4.78 is 0. The summed E-state index contributed by atoms with van der Waals surface area (Å²) in [7, 11) is 0. The molecule has 0 saturated carbocycles. The molecular formula is C12H9ClN6. The molecule has 0 aliphatic carbocycles. The van der Waals surface area contributed by atoms with Gasteiger partial charge in [0.1, 0.15) is 5.52 Å². The number of nitrogen functional groups attached to an aromatic ring is 2. The number of nitrogens with two attached hydrogens (primary N) is 2. The zero-order valence-corrected chi connectivity index (χ0v) is 10.5. The third-order valence-electron chi connectivity index (χ3n) is 2.59. The van der Waals surface area contributed by atoms with Gasteiger partial charge in [-0.25, -0.2) is 9.97 Å². The molecule has 0 aliphatic rings. The zero-order chi connectivity index (χ0) is 13.4. The van der Waals surface area contributed by atoms with Crippen LogP contribution in [-0.2, 0) is 0 Å². The minimum Gasteiger partial charge on any atom is -0.382 e. The minimum absolute atomic E-state index is 0.0764. The molecule has 0 amide bonds. The van der Waals surface area contributed by atoms with Gasteiger partial charge < -0.3 is 11.5 Å². The Hall–Kier alpha value is -2.47. The second-order valence-electron chi connectivity index (χ2n) is 3.90. The highest BCUT2D eigenvalue weighted by Crippen LogP contribution is 2.22. The average Bonchev–Trinajstić information content (AvgIpc) is 2.38. The summed E-state index contributed by atoms with van der Waals surface area (Å²) >= 11 is 5.85. The Morgan fingerprint density at radius 1 is 0.947 bits per heavy atom. The third-order valence-corrected chi connectivity index (χ3v) is 2.84. The molecule has 0 atom stereocenters. The second-order valence-corrected chi connectivity index (χ2v) is 4.34. The average molecular weight is 273 g/mol. The largest absolute Gasteiger partial charge is 0.382 e. The van der Waals surface area contributed by atoms with Crippen molar-refractivity contribution in [3.05, 3.63) is 35.5 Å². The van der Waals surface area contributed by atoms with Gasteiger partial charge in [0.2, 0.25) is 5.95 Å². The standard InChI is InChI=1S/C12H9ClN6/c13-7-3-1-6(2-4-7)8-5-16-9-10(14)18-12(15)19-11(9)17-8/h1-5H,(H4,14,15,17,18,19). The van der Waals surface area contributed by atoms with Crippen LogP contribution in [0, 0.1) is 0 Å². The summed E-state index contributed by atoms with van der Waals surface area (Å²) in [6.45, 7) is 0. The molecule has 0 spiro atoms. The van der Waals surface area contributed by atoms with Gasteiger partial charge in [-0.1, -0.05) is 23.7 Å². The van der Waals surface area contributed by atoms with E-state index in [0.29, 0.717) is 21.9 Å². The van der Waals surface area contributed by atoms with E-state index in [1.165, 1.54) is 0 Å². The van der Waals surface area contributed by atoms with Gasteiger partial charge in [0, 0.05) is 10.6 Å². The van der Waals surface area contributed by atoms with Gasteiger partial charge in [0.25, 0.3) is 0 Å². The minimum atomic E-state index is 0.0764. The van der Waals surface area contributed by atoms with Crippen molar-refractivity contribution in [2.75, 3.05) is 11.5 Å². The van der Waals surface area contributed by atoms with Gasteiger partial charge in [0.05, 0.1) is 11.9 Å². The molecule has 6 nitrogen and oxygen atoms in total. The predicted octanol–water partition coefficient (Wildman–Crippen LogP) is 1.90. The van der Waals surface area contributed by atoms with Gasteiger partial charge >= 0.3 is 0 Å². The van der Waals surface area contributed by atoms with Crippen LogP contribution in [0.4, 0.5) is 11.8 Å². The first-order valence-corrected chi connectivity index (χ1v) is 5.83. The summed E-state index contributed by atoms with van der Waals surface area (Å²) in [5.74, 6) is 0.296. The normalized spacial score (nSPS) is 10.8. The van der Waals surface area contributed by atoms with Crippen molar-refractivity contribution in [2.24, 2.45) is 0 Å². The van der Waals surface area contributed by atoms with Crippen molar-refractivity contribution < 1.29 is 0 Å². The van der Waals surface area contributed by atoms with E-state index >= 15 is 0 Å². The second kappa shape index (κ2) is 4.33. The fraction of sp³-hybridized carbons (Fsp3) is 0. The number of anilines is 2. The Labute approximate surface area is 113 Å². The van der Waals surface area contributed by atoms with Crippen molar-refractivity contribution in [1.82, 2.24) is 19.9 Å². The molecule has 19 heavy (non-hydrogen) atoms. The Balaban J connectivity index is 2.18. The van der Waals surface area contributed by atoms with Crippen molar-refractivity contribution in [3.8, 4) is 11.3 Å². The maximum Gasteiger partial charge on any atom is 0.224 e. The first-order chi connectivity index (χ1) is 9.13. The molecule has 2 aromatic heterocycles. The lowest BCUT2D eigenvalue weighted by atomic mass is 10.2. The number of nitrogens with zero attached hydrogens (tertiary/aromatic N) is 4. The van der Waals surface area contributed by atoms with Crippen molar-refractivity contribution in [1.29, 1.82) is 0 Å². The van der Waals surface area contributed by atoms with Crippen LogP contribution < -0.4 is 11.5 Å². The Bertz CT molecular complexity index is 756. The smallest absolute Gasteiger partial charge is 0.224 e. The molecule has 0 aliphatic heterocycles.